The fourth-order valence-corrected chi connectivity index (χ4v) is 0.926. The zero-order valence-corrected chi connectivity index (χ0v) is 9.63. The molecule has 0 aliphatic rings. The molecule has 5 heteroatoms. The third-order valence-electron chi connectivity index (χ3n) is 1.91. The lowest BCUT2D eigenvalue weighted by Crippen LogP contribution is -2.39. The lowest BCUT2D eigenvalue weighted by Gasteiger charge is -2.20. The molecule has 0 aliphatic heterocycles. The summed E-state index contributed by atoms with van der Waals surface area (Å²) in [7, 11) is 1.60. The Bertz CT molecular complexity index is 258. The summed E-state index contributed by atoms with van der Waals surface area (Å²) in [5.41, 5.74) is 5.02. The van der Waals surface area contributed by atoms with Gasteiger partial charge >= 0.3 is 0 Å². The predicted octanol–water partition coefficient (Wildman–Crippen LogP) is -0.151. The summed E-state index contributed by atoms with van der Waals surface area (Å²) in [6.07, 6.45) is 1.69. The van der Waals surface area contributed by atoms with Gasteiger partial charge in [0.25, 0.3) is 0 Å². The van der Waals surface area contributed by atoms with Crippen LogP contribution in [0.25, 0.3) is 0 Å². The van der Waals surface area contributed by atoms with E-state index in [0.29, 0.717) is 19.0 Å². The van der Waals surface area contributed by atoms with Crippen molar-refractivity contribution in [3.8, 4) is 0 Å². The molecular formula is C10H20N4O. The first-order chi connectivity index (χ1) is 6.94. The summed E-state index contributed by atoms with van der Waals surface area (Å²) in [5.74, 6) is 0.273. The van der Waals surface area contributed by atoms with Crippen LogP contribution in [-0.4, -0.2) is 32.0 Å². The smallest absolute Gasteiger partial charge is 0.227 e. The fourth-order valence-electron chi connectivity index (χ4n) is 0.926. The minimum Gasteiger partial charge on any atom is -0.370 e. The van der Waals surface area contributed by atoms with Crippen molar-refractivity contribution in [1.82, 2.24) is 10.6 Å². The average molecular weight is 212 g/mol. The van der Waals surface area contributed by atoms with Crippen molar-refractivity contribution in [2.75, 3.05) is 20.1 Å². The first-order valence-electron chi connectivity index (χ1n) is 4.81. The highest BCUT2D eigenvalue weighted by molar-refractivity contribution is 5.83. The Kier molecular flexibility index (Phi) is 5.44. The van der Waals surface area contributed by atoms with Crippen molar-refractivity contribution in [3.05, 3.63) is 12.7 Å². The van der Waals surface area contributed by atoms with E-state index in [1.165, 1.54) is 0 Å². The van der Waals surface area contributed by atoms with E-state index in [9.17, 15) is 4.79 Å². The monoisotopic (exact) mass is 212 g/mol. The molecule has 1 amide bonds. The van der Waals surface area contributed by atoms with Crippen LogP contribution < -0.4 is 16.4 Å². The SMILES string of the molecule is C=CCNC(N)=NCC(C)(C)C(=O)NC. The minimum atomic E-state index is -0.546. The van der Waals surface area contributed by atoms with Crippen molar-refractivity contribution in [1.29, 1.82) is 0 Å². The van der Waals surface area contributed by atoms with E-state index in [0.717, 1.165) is 0 Å². The van der Waals surface area contributed by atoms with Gasteiger partial charge in [-0.15, -0.1) is 6.58 Å². The van der Waals surface area contributed by atoms with Gasteiger partial charge in [0.1, 0.15) is 0 Å². The fraction of sp³-hybridized carbons (Fsp3) is 0.600. The zero-order valence-electron chi connectivity index (χ0n) is 9.63. The van der Waals surface area contributed by atoms with Gasteiger partial charge in [0, 0.05) is 13.6 Å². The van der Waals surface area contributed by atoms with Crippen LogP contribution in [0, 0.1) is 5.41 Å². The summed E-state index contributed by atoms with van der Waals surface area (Å²) in [5, 5.41) is 5.43. The summed E-state index contributed by atoms with van der Waals surface area (Å²) in [4.78, 5) is 15.5. The van der Waals surface area contributed by atoms with Crippen molar-refractivity contribution in [3.63, 3.8) is 0 Å². The van der Waals surface area contributed by atoms with Gasteiger partial charge in [-0.2, -0.15) is 0 Å². The van der Waals surface area contributed by atoms with Gasteiger partial charge in [0.2, 0.25) is 5.91 Å². The van der Waals surface area contributed by atoms with Gasteiger partial charge in [-0.1, -0.05) is 6.08 Å². The van der Waals surface area contributed by atoms with Crippen LogP contribution in [0.5, 0.6) is 0 Å². The molecular weight excluding hydrogens is 192 g/mol. The summed E-state index contributed by atoms with van der Waals surface area (Å²) in [6.45, 7) is 8.09. The van der Waals surface area contributed by atoms with Crippen LogP contribution in [0.3, 0.4) is 0 Å². The van der Waals surface area contributed by atoms with Crippen LogP contribution in [0.1, 0.15) is 13.8 Å². The molecule has 0 fully saturated rings. The van der Waals surface area contributed by atoms with Gasteiger partial charge in [0.15, 0.2) is 5.96 Å². The second kappa shape index (κ2) is 6.06. The highest BCUT2D eigenvalue weighted by atomic mass is 16.2. The first-order valence-corrected chi connectivity index (χ1v) is 4.81. The number of carbonyl (C=O) groups is 1. The standard InChI is InChI=1S/C10H20N4O/c1-5-6-13-9(11)14-7-10(2,3)8(15)12-4/h5H,1,6-7H2,2-4H3,(H,12,15)(H3,11,13,14). The topological polar surface area (TPSA) is 79.5 Å². The molecule has 0 spiro atoms. The van der Waals surface area contributed by atoms with E-state index in [2.05, 4.69) is 22.2 Å². The Hall–Kier alpha value is -1.52. The molecule has 0 rings (SSSR count). The maximum absolute atomic E-state index is 11.4. The molecule has 0 heterocycles. The Labute approximate surface area is 90.8 Å². The maximum Gasteiger partial charge on any atom is 0.227 e. The third kappa shape index (κ3) is 5.05. The average Bonchev–Trinajstić information content (AvgIpc) is 2.22. The lowest BCUT2D eigenvalue weighted by molar-refractivity contribution is -0.128. The molecule has 86 valence electrons. The molecule has 0 saturated carbocycles. The Morgan fingerprint density at radius 3 is 2.67 bits per heavy atom. The van der Waals surface area contributed by atoms with Gasteiger partial charge < -0.3 is 16.4 Å². The molecule has 0 bridgehead atoms. The number of nitrogens with one attached hydrogen (secondary N) is 2. The number of aliphatic imine (C=N–C) groups is 1. The summed E-state index contributed by atoms with van der Waals surface area (Å²) < 4.78 is 0. The van der Waals surface area contributed by atoms with Crippen molar-refractivity contribution in [2.45, 2.75) is 13.8 Å². The highest BCUT2D eigenvalue weighted by Crippen LogP contribution is 2.14. The largest absolute Gasteiger partial charge is 0.370 e. The van der Waals surface area contributed by atoms with Crippen LogP contribution in [0.15, 0.2) is 17.6 Å². The molecule has 15 heavy (non-hydrogen) atoms. The maximum atomic E-state index is 11.4. The molecule has 0 saturated heterocycles. The molecule has 4 N–H and O–H groups in total. The summed E-state index contributed by atoms with van der Waals surface area (Å²) >= 11 is 0. The molecule has 0 atom stereocenters. The van der Waals surface area contributed by atoms with E-state index in [1.54, 1.807) is 13.1 Å². The number of nitrogens with zero attached hydrogens (tertiary/aromatic N) is 1. The second-order valence-electron chi connectivity index (χ2n) is 3.83. The Morgan fingerprint density at radius 1 is 1.60 bits per heavy atom. The van der Waals surface area contributed by atoms with Gasteiger partial charge in [-0.3, -0.25) is 9.79 Å². The van der Waals surface area contributed by atoms with E-state index in [-0.39, 0.29) is 5.91 Å². The molecule has 0 aromatic heterocycles. The first kappa shape index (κ1) is 13.5. The van der Waals surface area contributed by atoms with E-state index < -0.39 is 5.41 Å². The van der Waals surface area contributed by atoms with Crippen LogP contribution in [0.4, 0.5) is 0 Å². The van der Waals surface area contributed by atoms with Crippen LogP contribution >= 0.6 is 0 Å². The number of guanidine groups is 1. The molecule has 5 nitrogen and oxygen atoms in total. The quantitative estimate of drug-likeness (QED) is 0.337. The minimum absolute atomic E-state index is 0.0530. The van der Waals surface area contributed by atoms with Crippen molar-refractivity contribution >= 4 is 11.9 Å². The number of hydrogen-bond donors (Lipinski definition) is 3. The Morgan fingerprint density at radius 2 is 2.20 bits per heavy atom. The van der Waals surface area contributed by atoms with E-state index in [4.69, 9.17) is 5.73 Å². The second-order valence-corrected chi connectivity index (χ2v) is 3.83. The lowest BCUT2D eigenvalue weighted by atomic mass is 9.93. The van der Waals surface area contributed by atoms with Gasteiger partial charge in [0.05, 0.1) is 12.0 Å². The Balaban J connectivity index is 4.22. The molecule has 0 unspecified atom stereocenters. The van der Waals surface area contributed by atoms with Crippen molar-refractivity contribution < 1.29 is 4.79 Å². The molecule has 0 radical (unpaired) electrons. The summed E-state index contributed by atoms with van der Waals surface area (Å²) in [6, 6.07) is 0. The molecule has 0 aromatic carbocycles. The molecule has 0 aliphatic carbocycles. The number of amides is 1. The normalized spacial score (nSPS) is 12.1. The van der Waals surface area contributed by atoms with Crippen LogP contribution in [0.2, 0.25) is 0 Å². The predicted molar refractivity (Wildman–Crippen MR) is 62.5 cm³/mol. The van der Waals surface area contributed by atoms with E-state index in [1.807, 2.05) is 13.8 Å². The number of rotatable bonds is 5. The van der Waals surface area contributed by atoms with Gasteiger partial charge in [-0.25, -0.2) is 0 Å². The van der Waals surface area contributed by atoms with Gasteiger partial charge in [-0.05, 0) is 13.8 Å². The number of nitrogens with two attached hydrogens (primary N) is 1. The van der Waals surface area contributed by atoms with E-state index >= 15 is 0 Å². The molecule has 0 aromatic rings. The zero-order chi connectivity index (χ0) is 11.9. The van der Waals surface area contributed by atoms with Crippen molar-refractivity contribution in [2.24, 2.45) is 16.1 Å². The van der Waals surface area contributed by atoms with Crippen LogP contribution in [-0.2, 0) is 4.79 Å². The third-order valence-corrected chi connectivity index (χ3v) is 1.91. The highest BCUT2D eigenvalue weighted by Gasteiger charge is 2.26. The number of hydrogen-bond acceptors (Lipinski definition) is 2. The number of carbonyl (C=O) groups excluding carboxylic acids is 1.